The molecule has 0 saturated carbocycles. The van der Waals surface area contributed by atoms with Gasteiger partial charge in [-0.25, -0.2) is 9.50 Å². The Labute approximate surface area is 167 Å². The van der Waals surface area contributed by atoms with E-state index in [0.29, 0.717) is 30.0 Å². The summed E-state index contributed by atoms with van der Waals surface area (Å²) in [4.78, 5) is 43.6. The molecule has 3 aromatic heterocycles. The van der Waals surface area contributed by atoms with Crippen LogP contribution in [-0.4, -0.2) is 43.1 Å². The number of nitrogens with one attached hydrogen (secondary N) is 1. The Morgan fingerprint density at radius 1 is 1.17 bits per heavy atom. The van der Waals surface area contributed by atoms with E-state index in [4.69, 9.17) is 0 Å². The summed E-state index contributed by atoms with van der Waals surface area (Å²) in [6, 6.07) is 6.47. The molecule has 8 nitrogen and oxygen atoms in total. The van der Waals surface area contributed by atoms with Crippen molar-refractivity contribution in [2.45, 2.75) is 38.5 Å². The molecule has 0 radical (unpaired) electrons. The van der Waals surface area contributed by atoms with Crippen LogP contribution in [0.15, 0.2) is 40.1 Å². The van der Waals surface area contributed by atoms with Crippen LogP contribution in [0.1, 0.15) is 54.9 Å². The van der Waals surface area contributed by atoms with E-state index in [-0.39, 0.29) is 28.4 Å². The van der Waals surface area contributed by atoms with E-state index >= 15 is 0 Å². The molecule has 1 atom stereocenters. The molecule has 152 valence electrons. The molecule has 3 aromatic rings. The van der Waals surface area contributed by atoms with Crippen molar-refractivity contribution in [1.82, 2.24) is 24.1 Å². The monoisotopic (exact) mass is 395 g/mol. The molecule has 8 heteroatoms. The summed E-state index contributed by atoms with van der Waals surface area (Å²) in [6.07, 6.45) is 2.33. The molecule has 1 amide bonds. The summed E-state index contributed by atoms with van der Waals surface area (Å²) in [5.41, 5.74) is 2.13. The van der Waals surface area contributed by atoms with Gasteiger partial charge in [0, 0.05) is 67.1 Å². The Hall–Kier alpha value is -3.16. The van der Waals surface area contributed by atoms with E-state index in [2.05, 4.69) is 30.9 Å². The van der Waals surface area contributed by atoms with Gasteiger partial charge in [0.25, 0.3) is 17.0 Å². The van der Waals surface area contributed by atoms with E-state index in [1.165, 1.54) is 15.1 Å². The van der Waals surface area contributed by atoms with Crippen LogP contribution in [-0.2, 0) is 12.5 Å². The molecule has 0 aromatic carbocycles. The highest BCUT2D eigenvalue weighted by Crippen LogP contribution is 2.27. The second-order valence-electron chi connectivity index (χ2n) is 8.73. The molecule has 1 aliphatic heterocycles. The average Bonchev–Trinajstić information content (AvgIpc) is 3.30. The van der Waals surface area contributed by atoms with Gasteiger partial charge in [0.05, 0.1) is 5.69 Å². The third-order valence-corrected chi connectivity index (χ3v) is 5.52. The van der Waals surface area contributed by atoms with Gasteiger partial charge < -0.3 is 9.47 Å². The fourth-order valence-corrected chi connectivity index (χ4v) is 3.65. The van der Waals surface area contributed by atoms with Crippen molar-refractivity contribution in [3.8, 4) is 0 Å². The van der Waals surface area contributed by atoms with E-state index in [1.54, 1.807) is 30.3 Å². The zero-order chi connectivity index (χ0) is 20.9. The van der Waals surface area contributed by atoms with Crippen LogP contribution in [0.5, 0.6) is 0 Å². The van der Waals surface area contributed by atoms with Crippen molar-refractivity contribution < 1.29 is 4.79 Å². The number of aromatic amines is 1. The maximum Gasteiger partial charge on any atom is 0.272 e. The Morgan fingerprint density at radius 2 is 1.93 bits per heavy atom. The minimum Gasteiger partial charge on any atom is -0.338 e. The lowest BCUT2D eigenvalue weighted by molar-refractivity contribution is 0.0790. The highest BCUT2D eigenvalue weighted by molar-refractivity contribution is 5.94. The van der Waals surface area contributed by atoms with Crippen molar-refractivity contribution in [3.05, 3.63) is 68.1 Å². The third-order valence-electron chi connectivity index (χ3n) is 5.52. The normalized spacial score (nSPS) is 17.2. The number of fused-ring (bicyclic) bond motifs is 1. The molecule has 1 N–H and O–H groups in total. The third kappa shape index (κ3) is 3.50. The molecule has 0 aliphatic carbocycles. The first-order valence-electron chi connectivity index (χ1n) is 9.72. The number of pyridine rings is 1. The Morgan fingerprint density at radius 3 is 2.62 bits per heavy atom. The number of likely N-dealkylation sites (tertiary alicyclic amines) is 1. The number of H-pyrrole nitrogens is 1. The summed E-state index contributed by atoms with van der Waals surface area (Å²) in [5.74, 6) is -0.171. The van der Waals surface area contributed by atoms with Gasteiger partial charge in [-0.15, -0.1) is 0 Å². The number of hydrogen-bond acceptors (Lipinski definition) is 4. The largest absolute Gasteiger partial charge is 0.338 e. The number of hydrogen-bond donors (Lipinski definition) is 1. The Balaban J connectivity index is 1.59. The number of rotatable bonds is 2. The van der Waals surface area contributed by atoms with Gasteiger partial charge in [-0.1, -0.05) is 20.8 Å². The van der Waals surface area contributed by atoms with Gasteiger partial charge in [-0.2, -0.15) is 0 Å². The van der Waals surface area contributed by atoms with Gasteiger partial charge in [-0.05, 0) is 12.5 Å². The van der Waals surface area contributed by atoms with Crippen LogP contribution in [0.2, 0.25) is 0 Å². The number of carbonyl (C=O) groups excluding carboxylic acids is 1. The zero-order valence-corrected chi connectivity index (χ0v) is 17.1. The molecule has 0 bridgehead atoms. The van der Waals surface area contributed by atoms with Gasteiger partial charge >= 0.3 is 0 Å². The van der Waals surface area contributed by atoms with Crippen LogP contribution in [0.3, 0.4) is 0 Å². The predicted molar refractivity (Wildman–Crippen MR) is 109 cm³/mol. The first-order valence-corrected chi connectivity index (χ1v) is 9.72. The summed E-state index contributed by atoms with van der Waals surface area (Å²) in [6.45, 7) is 7.26. The molecule has 29 heavy (non-hydrogen) atoms. The molecule has 4 rings (SSSR count). The second kappa shape index (κ2) is 6.72. The van der Waals surface area contributed by atoms with Crippen molar-refractivity contribution in [3.63, 3.8) is 0 Å². The minimum atomic E-state index is -0.214. The van der Waals surface area contributed by atoms with Gasteiger partial charge in [-0.3, -0.25) is 19.5 Å². The standard InChI is InChI=1S/C21H25N5O3/c1-21(2,3)16-11-17-22-15(10-19(28)26(17)23-16)14-6-8-25(12-14)20(29)13-5-7-24(4)18(27)9-13/h5,7,9-11,14,23H,6,8,12H2,1-4H3/t14-/m0/s1. The average molecular weight is 395 g/mol. The maximum absolute atomic E-state index is 12.8. The predicted octanol–water partition coefficient (Wildman–Crippen LogP) is 1.65. The smallest absolute Gasteiger partial charge is 0.272 e. The Bertz CT molecular complexity index is 1210. The Kier molecular flexibility index (Phi) is 4.44. The van der Waals surface area contributed by atoms with E-state index in [1.807, 2.05) is 6.07 Å². The van der Waals surface area contributed by atoms with E-state index < -0.39 is 0 Å². The lowest BCUT2D eigenvalue weighted by Crippen LogP contribution is -2.30. The number of aryl methyl sites for hydroxylation is 1. The fourth-order valence-electron chi connectivity index (χ4n) is 3.65. The fraction of sp³-hybridized carbons (Fsp3) is 0.429. The topological polar surface area (TPSA) is 92.5 Å². The van der Waals surface area contributed by atoms with E-state index in [9.17, 15) is 14.4 Å². The van der Waals surface area contributed by atoms with Crippen molar-refractivity contribution in [2.24, 2.45) is 7.05 Å². The number of aromatic nitrogens is 4. The summed E-state index contributed by atoms with van der Waals surface area (Å²) in [5, 5.41) is 3.13. The van der Waals surface area contributed by atoms with Gasteiger partial charge in [0.1, 0.15) is 0 Å². The summed E-state index contributed by atoms with van der Waals surface area (Å²) in [7, 11) is 1.65. The lowest BCUT2D eigenvalue weighted by Gasteiger charge is -2.16. The SMILES string of the molecule is Cn1ccc(C(=O)N2CC[C@H](c3cc(=O)n4[nH]c(C(C)(C)C)cc4n3)C2)cc1=O. The quantitative estimate of drug-likeness (QED) is 0.714. The van der Waals surface area contributed by atoms with Crippen LogP contribution in [0.4, 0.5) is 0 Å². The van der Waals surface area contributed by atoms with Crippen molar-refractivity contribution in [2.75, 3.05) is 13.1 Å². The lowest BCUT2D eigenvalue weighted by atomic mass is 9.93. The van der Waals surface area contributed by atoms with Crippen molar-refractivity contribution >= 4 is 11.6 Å². The highest BCUT2D eigenvalue weighted by Gasteiger charge is 2.30. The molecule has 0 spiro atoms. The van der Waals surface area contributed by atoms with Gasteiger partial charge in [0.15, 0.2) is 5.65 Å². The molecule has 4 heterocycles. The number of nitrogens with zero attached hydrogens (tertiary/aromatic N) is 4. The highest BCUT2D eigenvalue weighted by atomic mass is 16.2. The van der Waals surface area contributed by atoms with Crippen LogP contribution in [0.25, 0.3) is 5.65 Å². The number of carbonyl (C=O) groups is 1. The molecule has 0 unspecified atom stereocenters. The molecular weight excluding hydrogens is 370 g/mol. The minimum absolute atomic E-state index is 0.00354. The van der Waals surface area contributed by atoms with E-state index in [0.717, 1.165) is 12.1 Å². The van der Waals surface area contributed by atoms with Crippen LogP contribution >= 0.6 is 0 Å². The molecule has 1 saturated heterocycles. The number of amides is 1. The first kappa shape index (κ1) is 19.2. The van der Waals surface area contributed by atoms with Crippen LogP contribution < -0.4 is 11.1 Å². The summed E-state index contributed by atoms with van der Waals surface area (Å²) < 4.78 is 2.89. The molecule has 1 aliphatic rings. The first-order chi connectivity index (χ1) is 13.6. The maximum atomic E-state index is 12.8. The zero-order valence-electron chi connectivity index (χ0n) is 17.1. The van der Waals surface area contributed by atoms with Crippen molar-refractivity contribution in [1.29, 1.82) is 0 Å². The molecule has 1 fully saturated rings. The second-order valence-corrected chi connectivity index (χ2v) is 8.73. The summed E-state index contributed by atoms with van der Waals surface area (Å²) >= 11 is 0. The van der Waals surface area contributed by atoms with Crippen LogP contribution in [0, 0.1) is 0 Å². The molecular formula is C21H25N5O3. The van der Waals surface area contributed by atoms with Gasteiger partial charge in [0.2, 0.25) is 0 Å².